The van der Waals surface area contributed by atoms with Gasteiger partial charge in [-0.15, -0.1) is 0 Å². The number of morpholine rings is 1. The summed E-state index contributed by atoms with van der Waals surface area (Å²) in [5.74, 6) is -0.287. The number of anilines is 2. The summed E-state index contributed by atoms with van der Waals surface area (Å²) >= 11 is 0. The fraction of sp³-hybridized carbons (Fsp3) is 0.316. The van der Waals surface area contributed by atoms with Crippen molar-refractivity contribution < 1.29 is 17.9 Å². The second kappa shape index (κ2) is 8.08. The minimum atomic E-state index is -3.52. The Morgan fingerprint density at radius 3 is 2.30 bits per heavy atom. The lowest BCUT2D eigenvalue weighted by Crippen LogP contribution is -2.36. The number of nitrogens with zero attached hydrogens (tertiary/aromatic N) is 2. The smallest absolute Gasteiger partial charge is 0.255 e. The van der Waals surface area contributed by atoms with Crippen molar-refractivity contribution in [2.45, 2.75) is 4.90 Å². The number of carbonyl (C=O) groups excluding carboxylic acids is 1. The molecule has 1 aliphatic rings. The van der Waals surface area contributed by atoms with Gasteiger partial charge in [0.05, 0.1) is 29.5 Å². The number of amides is 1. The number of ether oxygens (including phenoxy) is 1. The Balaban J connectivity index is 1.78. The predicted molar refractivity (Wildman–Crippen MR) is 105 cm³/mol. The van der Waals surface area contributed by atoms with Crippen LogP contribution in [0.2, 0.25) is 0 Å². The molecule has 1 fully saturated rings. The Morgan fingerprint density at radius 1 is 1.04 bits per heavy atom. The van der Waals surface area contributed by atoms with Crippen LogP contribution in [0.15, 0.2) is 53.4 Å². The van der Waals surface area contributed by atoms with Gasteiger partial charge in [-0.25, -0.2) is 12.7 Å². The highest BCUT2D eigenvalue weighted by atomic mass is 32.2. The standard InChI is InChI=1S/C19H23N3O4S/c1-21(2)27(24,25)16-9-7-15(8-10-16)19(23)20-17-5-3-4-6-18(17)22-11-13-26-14-12-22/h3-10H,11-14H2,1-2H3,(H,20,23). The Hall–Kier alpha value is -2.42. The molecule has 1 aliphatic heterocycles. The minimum absolute atomic E-state index is 0.151. The van der Waals surface area contributed by atoms with Crippen molar-refractivity contribution in [3.8, 4) is 0 Å². The van der Waals surface area contributed by atoms with Gasteiger partial charge in [-0.2, -0.15) is 0 Å². The van der Waals surface area contributed by atoms with E-state index < -0.39 is 10.0 Å². The zero-order chi connectivity index (χ0) is 19.4. The van der Waals surface area contributed by atoms with Gasteiger partial charge >= 0.3 is 0 Å². The molecule has 0 aliphatic carbocycles. The van der Waals surface area contributed by atoms with Gasteiger partial charge in [-0.3, -0.25) is 4.79 Å². The van der Waals surface area contributed by atoms with Crippen LogP contribution in [0, 0.1) is 0 Å². The summed E-state index contributed by atoms with van der Waals surface area (Å²) < 4.78 is 30.8. The average Bonchev–Trinajstić information content (AvgIpc) is 2.69. The maximum atomic E-state index is 12.6. The van der Waals surface area contributed by atoms with Crippen LogP contribution in [0.25, 0.3) is 0 Å². The third-order valence-electron chi connectivity index (χ3n) is 4.40. The molecule has 2 aromatic rings. The molecule has 1 saturated heterocycles. The number of hydrogen-bond acceptors (Lipinski definition) is 5. The first kappa shape index (κ1) is 19.3. The van der Waals surface area contributed by atoms with Crippen molar-refractivity contribution in [2.24, 2.45) is 0 Å². The number of nitrogens with one attached hydrogen (secondary N) is 1. The van der Waals surface area contributed by atoms with Crippen molar-refractivity contribution in [1.82, 2.24) is 4.31 Å². The lowest BCUT2D eigenvalue weighted by Gasteiger charge is -2.30. The molecular weight excluding hydrogens is 366 g/mol. The van der Waals surface area contributed by atoms with E-state index in [-0.39, 0.29) is 10.8 Å². The molecule has 8 heteroatoms. The van der Waals surface area contributed by atoms with Gasteiger partial charge in [0.15, 0.2) is 0 Å². The molecule has 2 aromatic carbocycles. The molecule has 7 nitrogen and oxygen atoms in total. The monoisotopic (exact) mass is 389 g/mol. The molecule has 144 valence electrons. The quantitative estimate of drug-likeness (QED) is 0.847. The van der Waals surface area contributed by atoms with Crippen LogP contribution in [-0.2, 0) is 14.8 Å². The molecule has 27 heavy (non-hydrogen) atoms. The number of hydrogen-bond donors (Lipinski definition) is 1. The van der Waals surface area contributed by atoms with Crippen molar-refractivity contribution >= 4 is 27.3 Å². The average molecular weight is 389 g/mol. The van der Waals surface area contributed by atoms with Crippen LogP contribution in [0.4, 0.5) is 11.4 Å². The van der Waals surface area contributed by atoms with E-state index in [0.29, 0.717) is 18.8 Å². The number of rotatable bonds is 5. The predicted octanol–water partition coefficient (Wildman–Crippen LogP) is 2.03. The molecule has 3 rings (SSSR count). The molecule has 0 atom stereocenters. The molecule has 0 saturated carbocycles. The molecule has 0 unspecified atom stereocenters. The fourth-order valence-electron chi connectivity index (χ4n) is 2.84. The van der Waals surface area contributed by atoms with Gasteiger partial charge < -0.3 is 15.0 Å². The summed E-state index contributed by atoms with van der Waals surface area (Å²) in [5, 5.41) is 2.92. The first-order valence-corrected chi connectivity index (χ1v) is 10.1. The van der Waals surface area contributed by atoms with E-state index in [1.54, 1.807) is 0 Å². The molecule has 1 heterocycles. The number of carbonyl (C=O) groups is 1. The van der Waals surface area contributed by atoms with Crippen molar-refractivity contribution in [2.75, 3.05) is 50.6 Å². The van der Waals surface area contributed by atoms with E-state index in [1.807, 2.05) is 24.3 Å². The highest BCUT2D eigenvalue weighted by Crippen LogP contribution is 2.27. The highest BCUT2D eigenvalue weighted by molar-refractivity contribution is 7.89. The van der Waals surface area contributed by atoms with Crippen LogP contribution in [0.5, 0.6) is 0 Å². The van der Waals surface area contributed by atoms with Crippen LogP contribution in [0.3, 0.4) is 0 Å². The van der Waals surface area contributed by atoms with E-state index in [1.165, 1.54) is 38.4 Å². The molecule has 0 bridgehead atoms. The Labute approximate surface area is 159 Å². The Kier molecular flexibility index (Phi) is 5.79. The summed E-state index contributed by atoms with van der Waals surface area (Å²) in [5.41, 5.74) is 2.06. The highest BCUT2D eigenvalue weighted by Gasteiger charge is 2.19. The molecule has 0 spiro atoms. The van der Waals surface area contributed by atoms with Crippen molar-refractivity contribution in [3.05, 3.63) is 54.1 Å². The number of benzene rings is 2. The van der Waals surface area contributed by atoms with Gasteiger partial charge in [-0.05, 0) is 36.4 Å². The largest absolute Gasteiger partial charge is 0.378 e. The lowest BCUT2D eigenvalue weighted by molar-refractivity contribution is 0.102. The lowest BCUT2D eigenvalue weighted by atomic mass is 10.2. The molecule has 0 radical (unpaired) electrons. The minimum Gasteiger partial charge on any atom is -0.378 e. The molecule has 0 aromatic heterocycles. The van der Waals surface area contributed by atoms with Gasteiger partial charge in [-0.1, -0.05) is 12.1 Å². The summed E-state index contributed by atoms with van der Waals surface area (Å²) in [6.07, 6.45) is 0. The van der Waals surface area contributed by atoms with E-state index in [9.17, 15) is 13.2 Å². The van der Waals surface area contributed by atoms with E-state index >= 15 is 0 Å². The van der Waals surface area contributed by atoms with Gasteiger partial charge in [0.25, 0.3) is 5.91 Å². The summed E-state index contributed by atoms with van der Waals surface area (Å²) in [7, 11) is -0.575. The van der Waals surface area contributed by atoms with Crippen LogP contribution in [-0.4, -0.2) is 59.0 Å². The Morgan fingerprint density at radius 2 is 1.67 bits per heavy atom. The molecular formula is C19H23N3O4S. The van der Waals surface area contributed by atoms with Crippen LogP contribution < -0.4 is 10.2 Å². The third kappa shape index (κ3) is 4.29. The summed E-state index contributed by atoms with van der Waals surface area (Å²) in [6.45, 7) is 2.85. The molecule has 1 N–H and O–H groups in total. The van der Waals surface area contributed by atoms with Crippen LogP contribution in [0.1, 0.15) is 10.4 Å². The van der Waals surface area contributed by atoms with E-state index in [4.69, 9.17) is 4.74 Å². The maximum Gasteiger partial charge on any atom is 0.255 e. The van der Waals surface area contributed by atoms with E-state index in [2.05, 4.69) is 10.2 Å². The number of sulfonamides is 1. The van der Waals surface area contributed by atoms with Gasteiger partial charge in [0.1, 0.15) is 0 Å². The van der Waals surface area contributed by atoms with Gasteiger partial charge in [0.2, 0.25) is 10.0 Å². The zero-order valence-electron chi connectivity index (χ0n) is 15.4. The summed E-state index contributed by atoms with van der Waals surface area (Å²) in [6, 6.07) is 13.5. The van der Waals surface area contributed by atoms with Crippen molar-refractivity contribution in [1.29, 1.82) is 0 Å². The first-order chi connectivity index (χ1) is 12.9. The second-order valence-electron chi connectivity index (χ2n) is 6.38. The Bertz CT molecular complexity index is 905. The maximum absolute atomic E-state index is 12.6. The normalized spacial score (nSPS) is 15.0. The van der Waals surface area contributed by atoms with E-state index in [0.717, 1.165) is 28.8 Å². The third-order valence-corrected chi connectivity index (χ3v) is 6.23. The van der Waals surface area contributed by atoms with Crippen molar-refractivity contribution in [3.63, 3.8) is 0 Å². The first-order valence-electron chi connectivity index (χ1n) is 8.65. The second-order valence-corrected chi connectivity index (χ2v) is 8.53. The summed E-state index contributed by atoms with van der Waals surface area (Å²) in [4.78, 5) is 15.0. The van der Waals surface area contributed by atoms with Crippen LogP contribution >= 0.6 is 0 Å². The van der Waals surface area contributed by atoms with Gasteiger partial charge in [0, 0.05) is 32.7 Å². The fourth-order valence-corrected chi connectivity index (χ4v) is 3.74. The molecule has 1 amide bonds. The topological polar surface area (TPSA) is 79.0 Å². The zero-order valence-corrected chi connectivity index (χ0v) is 16.2. The number of para-hydroxylation sites is 2. The SMILES string of the molecule is CN(C)S(=O)(=O)c1ccc(C(=O)Nc2ccccc2N2CCOCC2)cc1.